The second-order valence-corrected chi connectivity index (χ2v) is 6.05. The van der Waals surface area contributed by atoms with Gasteiger partial charge in [-0.25, -0.2) is 4.68 Å². The molecule has 0 atom stereocenters. The van der Waals surface area contributed by atoms with Crippen LogP contribution in [0.3, 0.4) is 0 Å². The fourth-order valence-corrected chi connectivity index (χ4v) is 2.67. The van der Waals surface area contributed by atoms with E-state index in [1.54, 1.807) is 13.0 Å². The number of carbonyl (C=O) groups is 1. The number of Topliss-reactive ketones (excluding diaryl/α,β-unsaturated/α-hetero) is 1. The number of carbonyl (C=O) groups excluding carboxylic acids is 1. The van der Waals surface area contributed by atoms with Crippen molar-refractivity contribution in [1.29, 1.82) is 0 Å². The highest BCUT2D eigenvalue weighted by Gasteiger charge is 2.19. The topological polar surface area (TPSA) is 56.2 Å². The molecule has 0 amide bonds. The molecule has 120 valence electrons. The number of fused-ring (bicyclic) bond motifs is 3. The molecule has 1 aromatic carbocycles. The van der Waals surface area contributed by atoms with E-state index in [2.05, 4.69) is 30.8 Å². The third kappa shape index (κ3) is 2.99. The van der Waals surface area contributed by atoms with Crippen LogP contribution in [-0.2, 0) is 6.42 Å². The molecule has 1 aliphatic rings. The molecule has 0 unspecified atom stereocenters. The molecule has 0 radical (unpaired) electrons. The van der Waals surface area contributed by atoms with Crippen LogP contribution in [0.2, 0.25) is 0 Å². The van der Waals surface area contributed by atoms with Crippen LogP contribution in [0, 0.1) is 0 Å². The molecular formula is C18H21N3O2. The van der Waals surface area contributed by atoms with Crippen molar-refractivity contribution in [3.8, 4) is 11.4 Å². The lowest BCUT2D eigenvalue weighted by Gasteiger charge is -2.11. The number of nitrogens with one attached hydrogen (secondary N) is 1. The van der Waals surface area contributed by atoms with Crippen LogP contribution >= 0.6 is 0 Å². The minimum absolute atomic E-state index is 0.0249. The zero-order valence-electron chi connectivity index (χ0n) is 13.7. The first-order chi connectivity index (χ1) is 11.0. The molecule has 0 saturated carbocycles. The monoisotopic (exact) mass is 311 g/mol. The molecule has 1 N–H and O–H groups in total. The number of hydrogen-bond acceptors (Lipinski definition) is 4. The number of ether oxygens (including phenoxy) is 1. The third-order valence-corrected chi connectivity index (χ3v) is 3.76. The van der Waals surface area contributed by atoms with Crippen LogP contribution in [0.4, 0.5) is 0 Å². The van der Waals surface area contributed by atoms with E-state index in [1.165, 1.54) is 0 Å². The smallest absolute Gasteiger partial charge is 0.159 e. The average molecular weight is 311 g/mol. The summed E-state index contributed by atoms with van der Waals surface area (Å²) < 4.78 is 7.64. The van der Waals surface area contributed by atoms with E-state index >= 15 is 0 Å². The predicted octanol–water partition coefficient (Wildman–Crippen LogP) is 2.98. The van der Waals surface area contributed by atoms with Crippen LogP contribution < -0.4 is 10.1 Å². The molecule has 0 bridgehead atoms. The van der Waals surface area contributed by atoms with Crippen LogP contribution in [0.25, 0.3) is 11.4 Å². The Labute approximate surface area is 136 Å². The van der Waals surface area contributed by atoms with Crippen molar-refractivity contribution in [3.05, 3.63) is 47.8 Å². The quantitative estimate of drug-likeness (QED) is 0.882. The summed E-state index contributed by atoms with van der Waals surface area (Å²) in [5.41, 5.74) is 4.11. The highest BCUT2D eigenvalue weighted by atomic mass is 16.5. The Balaban J connectivity index is 2.07. The highest BCUT2D eigenvalue weighted by Crippen LogP contribution is 2.29. The summed E-state index contributed by atoms with van der Waals surface area (Å²) in [6.45, 7) is 10.3. The average Bonchev–Trinajstić information content (AvgIpc) is 2.83. The normalized spacial score (nSPS) is 12.9. The minimum atomic E-state index is 0.0249. The molecule has 2 heterocycles. The van der Waals surface area contributed by atoms with Crippen molar-refractivity contribution >= 4 is 11.5 Å². The maximum absolute atomic E-state index is 11.7. The summed E-state index contributed by atoms with van der Waals surface area (Å²) >= 11 is 0. The molecule has 5 heteroatoms. The Hall–Kier alpha value is -2.56. The Kier molecular flexibility index (Phi) is 3.94. The summed E-state index contributed by atoms with van der Waals surface area (Å²) in [5, 5.41) is 7.95. The van der Waals surface area contributed by atoms with Gasteiger partial charge in [0.05, 0.1) is 12.3 Å². The molecular weight excluding hydrogens is 290 g/mol. The molecule has 3 rings (SSSR count). The SMILES string of the molecule is C=C(NC(C)C)c1cc2n(n1)-c1cc(C(C)=O)ccc1OCC2. The number of hydrogen-bond donors (Lipinski definition) is 1. The molecule has 1 aromatic heterocycles. The number of ketones is 1. The molecule has 0 spiro atoms. The van der Waals surface area contributed by atoms with Gasteiger partial charge in [-0.2, -0.15) is 5.10 Å². The molecule has 23 heavy (non-hydrogen) atoms. The summed E-state index contributed by atoms with van der Waals surface area (Å²) in [6, 6.07) is 7.78. The lowest BCUT2D eigenvalue weighted by Crippen LogP contribution is -2.20. The van der Waals surface area contributed by atoms with Gasteiger partial charge in [0.1, 0.15) is 17.1 Å². The second kappa shape index (κ2) is 5.91. The molecule has 0 fully saturated rings. The van der Waals surface area contributed by atoms with Gasteiger partial charge in [0.25, 0.3) is 0 Å². The second-order valence-electron chi connectivity index (χ2n) is 6.05. The van der Waals surface area contributed by atoms with E-state index in [4.69, 9.17) is 4.74 Å². The molecule has 5 nitrogen and oxygen atoms in total. The van der Waals surface area contributed by atoms with Gasteiger partial charge >= 0.3 is 0 Å². The Morgan fingerprint density at radius 3 is 2.87 bits per heavy atom. The molecule has 2 aromatic rings. The van der Waals surface area contributed by atoms with Gasteiger partial charge in [-0.1, -0.05) is 6.58 Å². The first-order valence-corrected chi connectivity index (χ1v) is 7.78. The Morgan fingerprint density at radius 2 is 2.17 bits per heavy atom. The van der Waals surface area contributed by atoms with Crippen molar-refractivity contribution in [2.45, 2.75) is 33.2 Å². The van der Waals surface area contributed by atoms with Crippen LogP contribution in [0.1, 0.15) is 42.5 Å². The Morgan fingerprint density at radius 1 is 1.39 bits per heavy atom. The van der Waals surface area contributed by atoms with Gasteiger partial charge in [-0.15, -0.1) is 0 Å². The molecule has 0 aliphatic carbocycles. The van der Waals surface area contributed by atoms with Gasteiger partial charge < -0.3 is 10.1 Å². The minimum Gasteiger partial charge on any atom is -0.491 e. The van der Waals surface area contributed by atoms with Gasteiger partial charge in [0, 0.05) is 23.7 Å². The van der Waals surface area contributed by atoms with Crippen molar-refractivity contribution in [3.63, 3.8) is 0 Å². The lowest BCUT2D eigenvalue weighted by atomic mass is 10.1. The maximum atomic E-state index is 11.7. The van der Waals surface area contributed by atoms with E-state index in [1.807, 2.05) is 22.9 Å². The standard InChI is InChI=1S/C18H21N3O2/c1-11(2)19-12(3)16-10-15-7-8-23-18-6-5-14(13(4)22)9-17(18)21(15)20-16/h5-6,9-11,19H,3,7-8H2,1-2,4H3. The van der Waals surface area contributed by atoms with Crippen molar-refractivity contribution in [2.24, 2.45) is 0 Å². The van der Waals surface area contributed by atoms with E-state index in [0.717, 1.165) is 34.9 Å². The summed E-state index contributed by atoms with van der Waals surface area (Å²) in [7, 11) is 0. The fraction of sp³-hybridized carbons (Fsp3) is 0.333. The predicted molar refractivity (Wildman–Crippen MR) is 90.1 cm³/mol. The van der Waals surface area contributed by atoms with Gasteiger partial charge in [0.15, 0.2) is 5.78 Å². The van der Waals surface area contributed by atoms with Crippen LogP contribution in [0.15, 0.2) is 30.8 Å². The largest absolute Gasteiger partial charge is 0.491 e. The molecule has 1 aliphatic heterocycles. The van der Waals surface area contributed by atoms with Crippen LogP contribution in [-0.4, -0.2) is 28.2 Å². The Bertz CT molecular complexity index is 775. The summed E-state index contributed by atoms with van der Waals surface area (Å²) in [6.07, 6.45) is 0.756. The number of benzene rings is 1. The van der Waals surface area contributed by atoms with Gasteiger partial charge in [-0.3, -0.25) is 4.79 Å². The van der Waals surface area contributed by atoms with E-state index in [0.29, 0.717) is 18.2 Å². The van der Waals surface area contributed by atoms with E-state index < -0.39 is 0 Å². The maximum Gasteiger partial charge on any atom is 0.159 e. The summed E-state index contributed by atoms with van der Waals surface area (Å²) in [5.74, 6) is 0.766. The highest BCUT2D eigenvalue weighted by molar-refractivity contribution is 5.95. The lowest BCUT2D eigenvalue weighted by molar-refractivity contribution is 0.101. The molecule has 0 saturated heterocycles. The van der Waals surface area contributed by atoms with Crippen molar-refractivity contribution in [1.82, 2.24) is 15.1 Å². The fourth-order valence-electron chi connectivity index (χ4n) is 2.67. The van der Waals surface area contributed by atoms with Crippen molar-refractivity contribution < 1.29 is 9.53 Å². The first kappa shape index (κ1) is 15.3. The zero-order chi connectivity index (χ0) is 16.6. The van der Waals surface area contributed by atoms with E-state index in [9.17, 15) is 4.79 Å². The third-order valence-electron chi connectivity index (χ3n) is 3.76. The summed E-state index contributed by atoms with van der Waals surface area (Å²) in [4.78, 5) is 11.7. The van der Waals surface area contributed by atoms with Crippen LogP contribution in [0.5, 0.6) is 5.75 Å². The zero-order valence-corrected chi connectivity index (χ0v) is 13.7. The first-order valence-electron chi connectivity index (χ1n) is 7.78. The van der Waals surface area contributed by atoms with Gasteiger partial charge in [-0.05, 0) is 45.0 Å². The number of aromatic nitrogens is 2. The van der Waals surface area contributed by atoms with Gasteiger partial charge in [0.2, 0.25) is 0 Å². The van der Waals surface area contributed by atoms with E-state index in [-0.39, 0.29) is 5.78 Å². The number of rotatable bonds is 4. The van der Waals surface area contributed by atoms with Crippen molar-refractivity contribution in [2.75, 3.05) is 6.61 Å². The number of nitrogens with zero attached hydrogens (tertiary/aromatic N) is 2.